The Morgan fingerprint density at radius 3 is 2.47 bits per heavy atom. The van der Waals surface area contributed by atoms with Gasteiger partial charge >= 0.3 is 0 Å². The van der Waals surface area contributed by atoms with Gasteiger partial charge in [-0.2, -0.15) is 0 Å². The van der Waals surface area contributed by atoms with Crippen molar-refractivity contribution in [2.75, 3.05) is 19.0 Å². The molecule has 0 spiro atoms. The number of nitrogens with zero attached hydrogens (tertiary/aromatic N) is 1. The van der Waals surface area contributed by atoms with E-state index >= 15 is 0 Å². The van der Waals surface area contributed by atoms with Crippen molar-refractivity contribution in [3.63, 3.8) is 0 Å². The Bertz CT molecular complexity index is 1230. The van der Waals surface area contributed by atoms with Gasteiger partial charge in [0.2, 0.25) is 0 Å². The average Bonchev–Trinajstić information content (AvgIpc) is 2.82. The van der Waals surface area contributed by atoms with Gasteiger partial charge in [-0.15, -0.1) is 0 Å². The molecular formula is C24H22FN3O6. The van der Waals surface area contributed by atoms with Gasteiger partial charge < -0.3 is 20.1 Å². The molecule has 9 nitrogen and oxygen atoms in total. The standard InChI is InChI=1S/C24H22FN3O6/c1-3-34-22-12-19(20(28(31)32)13-21(22)33-2)24(30)26-14-15-6-4-9-18(10-15)27-23(29)16-7-5-8-17(25)11-16/h4-13H,3,14H2,1-2H3,(H,26,30)(H,27,29). The van der Waals surface area contributed by atoms with Gasteiger partial charge in [0.1, 0.15) is 11.4 Å². The van der Waals surface area contributed by atoms with Gasteiger partial charge in [0.15, 0.2) is 11.5 Å². The molecule has 0 saturated carbocycles. The molecule has 0 aromatic heterocycles. The van der Waals surface area contributed by atoms with E-state index in [1.165, 1.54) is 31.4 Å². The number of benzene rings is 3. The summed E-state index contributed by atoms with van der Waals surface area (Å²) in [7, 11) is 1.35. The first-order valence-electron chi connectivity index (χ1n) is 10.3. The van der Waals surface area contributed by atoms with Crippen LogP contribution in [0.25, 0.3) is 0 Å². The van der Waals surface area contributed by atoms with Crippen LogP contribution < -0.4 is 20.1 Å². The molecule has 34 heavy (non-hydrogen) atoms. The second-order valence-electron chi connectivity index (χ2n) is 7.06. The Morgan fingerprint density at radius 2 is 1.79 bits per heavy atom. The lowest BCUT2D eigenvalue weighted by atomic mass is 10.1. The number of hydrogen-bond acceptors (Lipinski definition) is 6. The van der Waals surface area contributed by atoms with Crippen LogP contribution in [-0.4, -0.2) is 30.5 Å². The minimum absolute atomic E-state index is 0.0374. The molecule has 0 aliphatic heterocycles. The molecule has 3 rings (SSSR count). The second-order valence-corrected chi connectivity index (χ2v) is 7.06. The van der Waals surface area contributed by atoms with E-state index in [4.69, 9.17) is 9.47 Å². The fourth-order valence-corrected chi connectivity index (χ4v) is 3.18. The highest BCUT2D eigenvalue weighted by molar-refractivity contribution is 6.04. The number of nitro groups is 1. The number of hydrogen-bond donors (Lipinski definition) is 2. The third-order valence-electron chi connectivity index (χ3n) is 4.75. The van der Waals surface area contributed by atoms with Gasteiger partial charge in [-0.1, -0.05) is 18.2 Å². The lowest BCUT2D eigenvalue weighted by Gasteiger charge is -2.12. The van der Waals surface area contributed by atoms with Gasteiger partial charge in [-0.25, -0.2) is 4.39 Å². The largest absolute Gasteiger partial charge is 0.493 e. The number of halogens is 1. The average molecular weight is 467 g/mol. The zero-order valence-electron chi connectivity index (χ0n) is 18.5. The molecule has 0 bridgehead atoms. The normalized spacial score (nSPS) is 10.3. The predicted molar refractivity (Wildman–Crippen MR) is 123 cm³/mol. The maximum absolute atomic E-state index is 13.4. The zero-order chi connectivity index (χ0) is 24.7. The first-order chi connectivity index (χ1) is 16.3. The zero-order valence-corrected chi connectivity index (χ0v) is 18.5. The van der Waals surface area contributed by atoms with Crippen molar-refractivity contribution in [2.24, 2.45) is 0 Å². The SMILES string of the molecule is CCOc1cc(C(=O)NCc2cccc(NC(=O)c3cccc(F)c3)c2)c([N+](=O)[O-])cc1OC. The number of methoxy groups -OCH3 is 1. The maximum Gasteiger partial charge on any atom is 0.286 e. The topological polar surface area (TPSA) is 120 Å². The van der Waals surface area contributed by atoms with Gasteiger partial charge in [-0.05, 0) is 42.8 Å². The van der Waals surface area contributed by atoms with Crippen LogP contribution in [0.2, 0.25) is 0 Å². The summed E-state index contributed by atoms with van der Waals surface area (Å²) in [5.41, 5.74) is 0.635. The molecule has 10 heteroatoms. The van der Waals surface area contributed by atoms with E-state index in [2.05, 4.69) is 10.6 Å². The first kappa shape index (κ1) is 24.2. The minimum atomic E-state index is -0.676. The van der Waals surface area contributed by atoms with Crippen molar-refractivity contribution in [3.8, 4) is 11.5 Å². The monoisotopic (exact) mass is 467 g/mol. The first-order valence-corrected chi connectivity index (χ1v) is 10.3. The van der Waals surface area contributed by atoms with E-state index in [9.17, 15) is 24.1 Å². The summed E-state index contributed by atoms with van der Waals surface area (Å²) in [6.45, 7) is 2.06. The van der Waals surface area contributed by atoms with E-state index in [0.29, 0.717) is 11.3 Å². The minimum Gasteiger partial charge on any atom is -0.493 e. The Morgan fingerprint density at radius 1 is 1.03 bits per heavy atom. The Labute approximate surface area is 194 Å². The summed E-state index contributed by atoms with van der Waals surface area (Å²) in [6, 6.07) is 14.4. The predicted octanol–water partition coefficient (Wildman–Crippen LogP) is 4.32. The highest BCUT2D eigenvalue weighted by Crippen LogP contribution is 2.34. The van der Waals surface area contributed by atoms with E-state index in [0.717, 1.165) is 12.1 Å². The second kappa shape index (κ2) is 10.9. The summed E-state index contributed by atoms with van der Waals surface area (Å²) >= 11 is 0. The molecule has 0 aliphatic carbocycles. The van der Waals surface area contributed by atoms with Crippen molar-refractivity contribution in [3.05, 3.63) is 93.3 Å². The molecule has 2 amide bonds. The number of carbonyl (C=O) groups excluding carboxylic acids is 2. The lowest BCUT2D eigenvalue weighted by molar-refractivity contribution is -0.385. The summed E-state index contributed by atoms with van der Waals surface area (Å²) < 4.78 is 23.9. The summed E-state index contributed by atoms with van der Waals surface area (Å²) in [5.74, 6) is -1.33. The number of anilines is 1. The molecule has 2 N–H and O–H groups in total. The van der Waals surface area contributed by atoms with Crippen molar-refractivity contribution in [2.45, 2.75) is 13.5 Å². The van der Waals surface area contributed by atoms with E-state index < -0.39 is 28.2 Å². The summed E-state index contributed by atoms with van der Waals surface area (Å²) in [5, 5.41) is 16.8. The molecule has 3 aromatic carbocycles. The van der Waals surface area contributed by atoms with E-state index in [1.807, 2.05) is 0 Å². The molecular weight excluding hydrogens is 445 g/mol. The van der Waals surface area contributed by atoms with Crippen LogP contribution in [0.15, 0.2) is 60.7 Å². The van der Waals surface area contributed by atoms with Crippen LogP contribution in [0.3, 0.4) is 0 Å². The highest BCUT2D eigenvalue weighted by atomic mass is 19.1. The third kappa shape index (κ3) is 5.85. The Kier molecular flexibility index (Phi) is 7.75. The van der Waals surface area contributed by atoms with E-state index in [1.54, 1.807) is 31.2 Å². The van der Waals surface area contributed by atoms with Gasteiger partial charge in [-0.3, -0.25) is 19.7 Å². The van der Waals surface area contributed by atoms with Crippen LogP contribution in [0.5, 0.6) is 11.5 Å². The van der Waals surface area contributed by atoms with Crippen molar-refractivity contribution >= 4 is 23.2 Å². The van der Waals surface area contributed by atoms with Crippen LogP contribution in [0, 0.1) is 15.9 Å². The molecule has 0 saturated heterocycles. The van der Waals surface area contributed by atoms with Crippen LogP contribution in [0.4, 0.5) is 15.8 Å². The van der Waals surface area contributed by atoms with Crippen LogP contribution in [0.1, 0.15) is 33.2 Å². The summed E-state index contributed by atoms with van der Waals surface area (Å²) in [6.07, 6.45) is 0. The quantitative estimate of drug-likeness (QED) is 0.357. The van der Waals surface area contributed by atoms with Crippen LogP contribution >= 0.6 is 0 Å². The Hall–Kier alpha value is -4.47. The van der Waals surface area contributed by atoms with Crippen molar-refractivity contribution in [1.29, 1.82) is 0 Å². The smallest absolute Gasteiger partial charge is 0.286 e. The van der Waals surface area contributed by atoms with Crippen molar-refractivity contribution in [1.82, 2.24) is 5.32 Å². The molecule has 3 aromatic rings. The number of amides is 2. The van der Waals surface area contributed by atoms with Crippen molar-refractivity contribution < 1.29 is 28.4 Å². The Balaban J connectivity index is 1.74. The van der Waals surface area contributed by atoms with Crippen LogP contribution in [-0.2, 0) is 6.54 Å². The van der Waals surface area contributed by atoms with E-state index in [-0.39, 0.29) is 35.8 Å². The molecule has 0 unspecified atom stereocenters. The van der Waals surface area contributed by atoms with Gasteiger partial charge in [0.05, 0.1) is 24.7 Å². The number of nitrogens with one attached hydrogen (secondary N) is 2. The number of nitro benzene ring substituents is 1. The maximum atomic E-state index is 13.4. The number of ether oxygens (including phenoxy) is 2. The lowest BCUT2D eigenvalue weighted by Crippen LogP contribution is -2.24. The number of carbonyl (C=O) groups is 2. The molecule has 176 valence electrons. The molecule has 0 fully saturated rings. The summed E-state index contributed by atoms with van der Waals surface area (Å²) in [4.78, 5) is 35.9. The molecule has 0 radical (unpaired) electrons. The highest BCUT2D eigenvalue weighted by Gasteiger charge is 2.24. The van der Waals surface area contributed by atoms with Gasteiger partial charge in [0.25, 0.3) is 17.5 Å². The molecule has 0 heterocycles. The molecule has 0 aliphatic rings. The molecule has 0 atom stereocenters. The fourth-order valence-electron chi connectivity index (χ4n) is 3.18. The van der Waals surface area contributed by atoms with Gasteiger partial charge in [0, 0.05) is 23.9 Å². The fraction of sp³-hybridized carbons (Fsp3) is 0.167. The number of rotatable bonds is 9. The third-order valence-corrected chi connectivity index (χ3v) is 4.75.